The summed E-state index contributed by atoms with van der Waals surface area (Å²) in [5.41, 5.74) is -0.443. The van der Waals surface area contributed by atoms with Gasteiger partial charge in [0.2, 0.25) is 0 Å². The molecule has 0 spiro atoms. The Bertz CT molecular complexity index is 400. The average molecular weight is 347 g/mol. The summed E-state index contributed by atoms with van der Waals surface area (Å²) in [5, 5.41) is -0.758. The van der Waals surface area contributed by atoms with Crippen LogP contribution >= 0.6 is 34.2 Å². The predicted molar refractivity (Wildman–Crippen MR) is 58.6 cm³/mol. The first kappa shape index (κ1) is 12.6. The molecule has 0 aliphatic rings. The number of carbonyl (C=O) groups excluding carboxylic acids is 1. The number of rotatable bonds is 3. The van der Waals surface area contributed by atoms with Crippen LogP contribution in [0.3, 0.4) is 0 Å². The van der Waals surface area contributed by atoms with Crippen molar-refractivity contribution in [2.45, 2.75) is 6.43 Å². The molecule has 0 saturated heterocycles. The van der Waals surface area contributed by atoms with Crippen LogP contribution in [0.2, 0.25) is 0 Å². The number of nitrogens with zero attached hydrogens (tertiary/aromatic N) is 1. The van der Waals surface area contributed by atoms with Gasteiger partial charge in [-0.1, -0.05) is 0 Å². The quantitative estimate of drug-likeness (QED) is 0.623. The van der Waals surface area contributed by atoms with E-state index in [1.54, 1.807) is 22.6 Å². The van der Waals surface area contributed by atoms with E-state index < -0.39 is 17.4 Å². The maximum Gasteiger partial charge on any atom is 0.284 e. The van der Waals surface area contributed by atoms with Crippen LogP contribution in [-0.4, -0.2) is 17.3 Å². The Kier molecular flexibility index (Phi) is 4.21. The SMILES string of the molecule is COc1c(C(F)F)ncc(C(=O)Cl)c1I. The van der Waals surface area contributed by atoms with E-state index in [2.05, 4.69) is 4.98 Å². The van der Waals surface area contributed by atoms with Gasteiger partial charge in [-0.2, -0.15) is 0 Å². The number of hydrogen-bond acceptors (Lipinski definition) is 3. The Balaban J connectivity index is 3.39. The highest BCUT2D eigenvalue weighted by molar-refractivity contribution is 14.1. The minimum Gasteiger partial charge on any atom is -0.493 e. The molecule has 7 heteroatoms. The molecule has 82 valence electrons. The van der Waals surface area contributed by atoms with Crippen molar-refractivity contribution in [3.63, 3.8) is 0 Å². The second-order valence-electron chi connectivity index (χ2n) is 2.48. The van der Waals surface area contributed by atoms with Crippen molar-refractivity contribution >= 4 is 39.4 Å². The molecular weight excluding hydrogens is 342 g/mol. The fourth-order valence-corrected chi connectivity index (χ4v) is 2.15. The maximum atomic E-state index is 12.5. The summed E-state index contributed by atoms with van der Waals surface area (Å²) >= 11 is 6.95. The van der Waals surface area contributed by atoms with Gasteiger partial charge >= 0.3 is 0 Å². The fraction of sp³-hybridized carbons (Fsp3) is 0.250. The van der Waals surface area contributed by atoms with Gasteiger partial charge in [0.15, 0.2) is 5.75 Å². The maximum absolute atomic E-state index is 12.5. The molecule has 0 amide bonds. The molecule has 1 aromatic rings. The third kappa shape index (κ3) is 2.54. The van der Waals surface area contributed by atoms with E-state index in [0.717, 1.165) is 6.20 Å². The van der Waals surface area contributed by atoms with E-state index >= 15 is 0 Å². The number of ether oxygens (including phenoxy) is 1. The minimum absolute atomic E-state index is 0.0542. The molecule has 0 N–H and O–H groups in total. The summed E-state index contributed by atoms with van der Waals surface area (Å²) in [4.78, 5) is 14.3. The highest BCUT2D eigenvalue weighted by atomic mass is 127. The molecule has 15 heavy (non-hydrogen) atoms. The van der Waals surface area contributed by atoms with Crippen molar-refractivity contribution in [3.8, 4) is 5.75 Å². The highest BCUT2D eigenvalue weighted by Crippen LogP contribution is 2.33. The Hall–Kier alpha value is -0.500. The van der Waals surface area contributed by atoms with Crippen molar-refractivity contribution < 1.29 is 18.3 Å². The summed E-state index contributed by atoms with van der Waals surface area (Å²) in [7, 11) is 1.23. The van der Waals surface area contributed by atoms with E-state index in [4.69, 9.17) is 16.3 Å². The molecule has 3 nitrogen and oxygen atoms in total. The summed E-state index contributed by atoms with van der Waals surface area (Å²) < 4.78 is 29.9. The molecule has 0 fully saturated rings. The first-order chi connectivity index (χ1) is 6.99. The Morgan fingerprint density at radius 2 is 2.27 bits per heavy atom. The molecule has 0 bridgehead atoms. The van der Waals surface area contributed by atoms with Crippen LogP contribution < -0.4 is 4.74 Å². The van der Waals surface area contributed by atoms with E-state index in [1.807, 2.05) is 0 Å². The minimum atomic E-state index is -2.76. The number of methoxy groups -OCH3 is 1. The van der Waals surface area contributed by atoms with Gasteiger partial charge in [0, 0.05) is 6.20 Å². The number of halogens is 4. The molecule has 0 saturated carbocycles. The zero-order chi connectivity index (χ0) is 11.6. The lowest BCUT2D eigenvalue weighted by molar-refractivity contribution is 0.107. The molecule has 0 unspecified atom stereocenters. The Labute approximate surface area is 103 Å². The first-order valence-electron chi connectivity index (χ1n) is 3.69. The van der Waals surface area contributed by atoms with E-state index in [0.29, 0.717) is 0 Å². The monoisotopic (exact) mass is 347 g/mol. The summed E-state index contributed by atoms with van der Waals surface area (Å²) in [6.45, 7) is 0. The van der Waals surface area contributed by atoms with Gasteiger partial charge in [0.25, 0.3) is 11.7 Å². The topological polar surface area (TPSA) is 39.2 Å². The first-order valence-corrected chi connectivity index (χ1v) is 5.15. The molecular formula is C8H5ClF2INO2. The van der Waals surface area contributed by atoms with Gasteiger partial charge in [-0.3, -0.25) is 9.78 Å². The Morgan fingerprint density at radius 1 is 1.67 bits per heavy atom. The van der Waals surface area contributed by atoms with Crippen LogP contribution in [0, 0.1) is 3.57 Å². The van der Waals surface area contributed by atoms with Crippen molar-refractivity contribution in [3.05, 3.63) is 21.0 Å². The molecule has 0 aromatic carbocycles. The van der Waals surface area contributed by atoms with Crippen molar-refractivity contribution in [1.82, 2.24) is 4.98 Å². The predicted octanol–water partition coefficient (Wildman–Crippen LogP) is 3.01. The molecule has 1 rings (SSSR count). The highest BCUT2D eigenvalue weighted by Gasteiger charge is 2.22. The Morgan fingerprint density at radius 3 is 2.67 bits per heavy atom. The van der Waals surface area contributed by atoms with Gasteiger partial charge < -0.3 is 4.74 Å². The number of aromatic nitrogens is 1. The normalized spacial score (nSPS) is 10.5. The summed E-state index contributed by atoms with van der Waals surface area (Å²) in [6, 6.07) is 0. The molecule has 0 aliphatic carbocycles. The molecule has 1 aromatic heterocycles. The van der Waals surface area contributed by atoms with Gasteiger partial charge in [-0.05, 0) is 34.2 Å². The van der Waals surface area contributed by atoms with Crippen molar-refractivity contribution in [2.75, 3.05) is 7.11 Å². The largest absolute Gasteiger partial charge is 0.493 e. The van der Waals surface area contributed by atoms with Gasteiger partial charge in [-0.15, -0.1) is 0 Å². The zero-order valence-corrected chi connectivity index (χ0v) is 10.3. The van der Waals surface area contributed by atoms with Crippen LogP contribution in [-0.2, 0) is 0 Å². The number of carbonyl (C=O) groups is 1. The van der Waals surface area contributed by atoms with Gasteiger partial charge in [0.05, 0.1) is 16.2 Å². The van der Waals surface area contributed by atoms with Crippen LogP contribution in [0.4, 0.5) is 8.78 Å². The number of pyridine rings is 1. The zero-order valence-electron chi connectivity index (χ0n) is 7.43. The third-order valence-corrected chi connectivity index (χ3v) is 2.90. The van der Waals surface area contributed by atoms with Gasteiger partial charge in [0.1, 0.15) is 5.69 Å². The van der Waals surface area contributed by atoms with Gasteiger partial charge in [-0.25, -0.2) is 8.78 Å². The standard InChI is InChI=1S/C8H5ClF2INO2/c1-15-6-4(12)3(7(9)14)2-13-5(6)8(10)11/h2,8H,1H3. The van der Waals surface area contributed by atoms with E-state index in [9.17, 15) is 13.6 Å². The average Bonchev–Trinajstić information content (AvgIpc) is 2.16. The smallest absolute Gasteiger partial charge is 0.284 e. The molecule has 1 heterocycles. The van der Waals surface area contributed by atoms with Crippen molar-refractivity contribution in [1.29, 1.82) is 0 Å². The summed E-state index contributed by atoms with van der Waals surface area (Å²) in [5.74, 6) is -0.114. The number of hydrogen-bond donors (Lipinski definition) is 0. The lowest BCUT2D eigenvalue weighted by Crippen LogP contribution is -2.04. The summed E-state index contributed by atoms with van der Waals surface area (Å²) in [6.07, 6.45) is -1.74. The lowest BCUT2D eigenvalue weighted by Gasteiger charge is -2.10. The lowest BCUT2D eigenvalue weighted by atomic mass is 10.2. The fourth-order valence-electron chi connectivity index (χ4n) is 0.971. The van der Waals surface area contributed by atoms with E-state index in [-0.39, 0.29) is 14.9 Å². The van der Waals surface area contributed by atoms with Crippen molar-refractivity contribution in [2.24, 2.45) is 0 Å². The van der Waals surface area contributed by atoms with Crippen LogP contribution in [0.1, 0.15) is 22.5 Å². The van der Waals surface area contributed by atoms with E-state index in [1.165, 1.54) is 7.11 Å². The molecule has 0 atom stereocenters. The third-order valence-electron chi connectivity index (χ3n) is 1.62. The number of alkyl halides is 2. The van der Waals surface area contributed by atoms with Crippen LogP contribution in [0.5, 0.6) is 5.75 Å². The molecule has 0 radical (unpaired) electrons. The second kappa shape index (κ2) is 5.02. The molecule has 0 aliphatic heterocycles. The second-order valence-corrected chi connectivity index (χ2v) is 3.90. The van der Waals surface area contributed by atoms with Crippen LogP contribution in [0.15, 0.2) is 6.20 Å². The van der Waals surface area contributed by atoms with Crippen LogP contribution in [0.25, 0.3) is 0 Å².